The Hall–Kier alpha value is -4.99. The number of aromatic nitrogens is 2. The lowest BCUT2D eigenvalue weighted by atomic mass is 10.00. The van der Waals surface area contributed by atoms with Gasteiger partial charge in [-0.1, -0.05) is 18.7 Å². The topological polar surface area (TPSA) is 165 Å². The summed E-state index contributed by atoms with van der Waals surface area (Å²) in [7, 11) is 0. The van der Waals surface area contributed by atoms with E-state index in [0.29, 0.717) is 38.9 Å². The Morgan fingerprint density at radius 2 is 1.56 bits per heavy atom. The molecule has 2 aliphatic rings. The number of nitrogens with zero attached hydrogens (tertiary/aromatic N) is 1. The number of aromatic amines is 2. The van der Waals surface area contributed by atoms with E-state index in [1.54, 1.807) is 13.0 Å². The molecule has 0 radical (unpaired) electrons. The zero-order valence-corrected chi connectivity index (χ0v) is 25.0. The van der Waals surface area contributed by atoms with E-state index in [4.69, 9.17) is 0 Å². The van der Waals surface area contributed by atoms with E-state index in [-0.39, 0.29) is 43.4 Å². The molecular formula is C33H36N4O6. The number of H-pyrrole nitrogens is 2. The Bertz CT molecular complexity index is 1810. The first-order valence-corrected chi connectivity index (χ1v) is 14.1. The molecule has 2 aromatic rings. The van der Waals surface area contributed by atoms with Gasteiger partial charge in [0.15, 0.2) is 0 Å². The van der Waals surface area contributed by atoms with Crippen LogP contribution in [0.15, 0.2) is 46.1 Å². The van der Waals surface area contributed by atoms with Crippen molar-refractivity contribution in [3.63, 3.8) is 0 Å². The largest absolute Gasteiger partial charge is 0.481 e. The number of carbonyl (C=O) groups is 4. The predicted molar refractivity (Wildman–Crippen MR) is 165 cm³/mol. The first kappa shape index (κ1) is 31.0. The van der Waals surface area contributed by atoms with Gasteiger partial charge in [0.05, 0.1) is 11.6 Å². The van der Waals surface area contributed by atoms with Gasteiger partial charge in [0.2, 0.25) is 5.91 Å². The highest BCUT2D eigenvalue weighted by Crippen LogP contribution is 2.29. The lowest BCUT2D eigenvalue weighted by Gasteiger charge is -2.03. The minimum absolute atomic E-state index is 0.0802. The first-order valence-electron chi connectivity index (χ1n) is 14.1. The van der Waals surface area contributed by atoms with Crippen LogP contribution in [0.4, 0.5) is 0 Å². The Morgan fingerprint density at radius 3 is 2.14 bits per heavy atom. The minimum Gasteiger partial charge on any atom is -0.481 e. The van der Waals surface area contributed by atoms with Crippen LogP contribution in [-0.4, -0.2) is 49.6 Å². The van der Waals surface area contributed by atoms with Crippen molar-refractivity contribution in [3.8, 4) is 0 Å². The number of aliphatic carboxylic acids is 2. The number of rotatable bonds is 10. The summed E-state index contributed by atoms with van der Waals surface area (Å²) in [6.45, 7) is 13.0. The second kappa shape index (κ2) is 12.5. The zero-order chi connectivity index (χ0) is 31.6. The van der Waals surface area contributed by atoms with E-state index in [1.807, 2.05) is 45.9 Å². The molecule has 10 nitrogen and oxygen atoms in total. The van der Waals surface area contributed by atoms with Crippen LogP contribution in [0.2, 0.25) is 0 Å². The molecule has 4 rings (SSSR count). The van der Waals surface area contributed by atoms with E-state index in [9.17, 15) is 29.4 Å². The molecule has 2 amide bonds. The van der Waals surface area contributed by atoms with E-state index < -0.39 is 11.9 Å². The number of carboxylic acid groups (broad SMARTS) is 2. The second-order valence-electron chi connectivity index (χ2n) is 10.7. The molecule has 10 heteroatoms. The van der Waals surface area contributed by atoms with Crippen molar-refractivity contribution in [2.45, 2.75) is 60.3 Å². The van der Waals surface area contributed by atoms with Gasteiger partial charge in [0, 0.05) is 46.2 Å². The maximum absolute atomic E-state index is 12.3. The Labute approximate surface area is 249 Å². The van der Waals surface area contributed by atoms with Crippen LogP contribution in [0.5, 0.6) is 0 Å². The summed E-state index contributed by atoms with van der Waals surface area (Å²) < 4.78 is 0. The molecule has 0 spiro atoms. The first-order chi connectivity index (χ1) is 20.4. The summed E-state index contributed by atoms with van der Waals surface area (Å²) >= 11 is 0. The van der Waals surface area contributed by atoms with Crippen molar-refractivity contribution >= 4 is 47.7 Å². The molecule has 224 valence electrons. The molecule has 5 N–H and O–H groups in total. The van der Waals surface area contributed by atoms with Gasteiger partial charge in [-0.3, -0.25) is 19.2 Å². The Morgan fingerprint density at radius 1 is 0.907 bits per heavy atom. The summed E-state index contributed by atoms with van der Waals surface area (Å²) in [6.07, 6.45) is 9.23. The van der Waals surface area contributed by atoms with Gasteiger partial charge < -0.3 is 25.5 Å². The summed E-state index contributed by atoms with van der Waals surface area (Å²) in [5.41, 5.74) is 7.87. The van der Waals surface area contributed by atoms with Gasteiger partial charge in [-0.05, 0) is 99.1 Å². The van der Waals surface area contributed by atoms with Crippen LogP contribution in [0.3, 0.4) is 0 Å². The number of hydrogen-bond acceptors (Lipinski definition) is 4. The van der Waals surface area contributed by atoms with Crippen molar-refractivity contribution in [3.05, 3.63) is 85.5 Å². The van der Waals surface area contributed by atoms with Gasteiger partial charge in [-0.15, -0.1) is 0 Å². The standard InChI is InChI=1S/C33H36N4O6/c1-7-20-19(6)32(42)37-27(20)14-25-18(5)23(10-12-31(40)41)29(35-25)15-28-22(9-11-30(38)39)17(4)24(34-28)13-26-16(3)21(8-2)33(43)36-26/h7-8,13-15,19,34-35H,2,9-12H2,1,3-6H3,(H,37,42)(H,38,39)(H,40,41)/b20-7-,24-13-,27-14-,28-15-/t19-/m1/s1. The van der Waals surface area contributed by atoms with Crippen LogP contribution in [0, 0.1) is 19.8 Å². The van der Waals surface area contributed by atoms with Crippen LogP contribution in [-0.2, 0) is 32.0 Å². The SMILES string of the molecule is C=CC1=C(C)C(/C=c2\[nH]/c(=C\c3[nH]c(/C=C4\NC(=O)[C@H](C)\C4=C\C)c(C)c3CCC(=O)O)c(CCC(=O)O)c2C)=NC1=O. The summed E-state index contributed by atoms with van der Waals surface area (Å²) in [4.78, 5) is 58.6. The number of allylic oxidation sites excluding steroid dienone is 3. The lowest BCUT2D eigenvalue weighted by molar-refractivity contribution is -0.138. The molecule has 0 unspecified atom stereocenters. The smallest absolute Gasteiger partial charge is 0.303 e. The fourth-order valence-corrected chi connectivity index (χ4v) is 5.57. The van der Waals surface area contributed by atoms with Crippen LogP contribution >= 0.6 is 0 Å². The van der Waals surface area contributed by atoms with Crippen molar-refractivity contribution in [2.24, 2.45) is 10.9 Å². The third kappa shape index (κ3) is 6.28. The summed E-state index contributed by atoms with van der Waals surface area (Å²) in [6, 6.07) is 0. The maximum atomic E-state index is 12.3. The maximum Gasteiger partial charge on any atom is 0.303 e. The number of carbonyl (C=O) groups excluding carboxylic acids is 2. The Balaban J connectivity index is 1.91. The summed E-state index contributed by atoms with van der Waals surface area (Å²) in [5, 5.41) is 23.1. The normalized spacial score (nSPS) is 19.7. The van der Waals surface area contributed by atoms with Gasteiger partial charge in [-0.2, -0.15) is 0 Å². The quantitative estimate of drug-likeness (QED) is 0.288. The number of carboxylic acids is 2. The molecule has 0 bridgehead atoms. The molecule has 2 aromatic heterocycles. The van der Waals surface area contributed by atoms with Crippen LogP contribution in [0.25, 0.3) is 18.2 Å². The van der Waals surface area contributed by atoms with E-state index in [2.05, 4.69) is 26.9 Å². The van der Waals surface area contributed by atoms with Gasteiger partial charge in [-0.25, -0.2) is 4.99 Å². The molecule has 43 heavy (non-hydrogen) atoms. The average molecular weight is 585 g/mol. The molecule has 0 aliphatic carbocycles. The van der Waals surface area contributed by atoms with Crippen molar-refractivity contribution in [1.82, 2.24) is 15.3 Å². The van der Waals surface area contributed by atoms with E-state index >= 15 is 0 Å². The lowest BCUT2D eigenvalue weighted by Crippen LogP contribution is -2.16. The monoisotopic (exact) mass is 584 g/mol. The van der Waals surface area contributed by atoms with Gasteiger partial charge in [0.1, 0.15) is 0 Å². The molecule has 4 heterocycles. The molecule has 1 fully saturated rings. The van der Waals surface area contributed by atoms with Gasteiger partial charge in [0.25, 0.3) is 5.91 Å². The second-order valence-corrected chi connectivity index (χ2v) is 10.7. The molecule has 1 saturated heterocycles. The minimum atomic E-state index is -0.934. The molecule has 0 saturated carbocycles. The van der Waals surface area contributed by atoms with Gasteiger partial charge >= 0.3 is 11.9 Å². The Kier molecular flexibility index (Phi) is 8.99. The third-order valence-corrected chi connectivity index (χ3v) is 8.12. The van der Waals surface area contributed by atoms with Crippen molar-refractivity contribution < 1.29 is 29.4 Å². The number of aliphatic imine (C=N–C) groups is 1. The van der Waals surface area contributed by atoms with Crippen molar-refractivity contribution in [1.29, 1.82) is 0 Å². The van der Waals surface area contributed by atoms with E-state index in [1.165, 1.54) is 6.08 Å². The molecular weight excluding hydrogens is 548 g/mol. The predicted octanol–water partition coefficient (Wildman–Crippen LogP) is 3.14. The van der Waals surface area contributed by atoms with Crippen LogP contribution in [0.1, 0.15) is 67.3 Å². The molecule has 2 aliphatic heterocycles. The highest BCUT2D eigenvalue weighted by Gasteiger charge is 2.29. The highest BCUT2D eigenvalue weighted by atomic mass is 16.4. The van der Waals surface area contributed by atoms with E-state index in [0.717, 1.165) is 33.5 Å². The summed E-state index contributed by atoms with van der Waals surface area (Å²) in [5.74, 6) is -2.59. The fraction of sp³-hybridized carbons (Fsp3) is 0.303. The van der Waals surface area contributed by atoms with Crippen LogP contribution < -0.4 is 16.0 Å². The zero-order valence-electron chi connectivity index (χ0n) is 25.0. The fourth-order valence-electron chi connectivity index (χ4n) is 5.57. The number of hydrogen-bond donors (Lipinski definition) is 5. The highest BCUT2D eigenvalue weighted by molar-refractivity contribution is 6.31. The third-order valence-electron chi connectivity index (χ3n) is 8.12. The molecule has 0 aromatic carbocycles. The average Bonchev–Trinajstić information content (AvgIpc) is 3.59. The van der Waals surface area contributed by atoms with Crippen molar-refractivity contribution in [2.75, 3.05) is 0 Å². The number of amides is 2. The molecule has 1 atom stereocenters. The number of nitrogens with one attached hydrogen (secondary N) is 3.